The zero-order valence-electron chi connectivity index (χ0n) is 10.4. The maximum Gasteiger partial charge on any atom is 0.407 e. The molecule has 0 aliphatic carbocycles. The highest BCUT2D eigenvalue weighted by Crippen LogP contribution is 2.01. The molecular weight excluding hydrogens is 282 g/mol. The van der Waals surface area contributed by atoms with E-state index in [1.165, 1.54) is 0 Å². The number of alkyl halides is 1. The minimum atomic E-state index is -3.20. The molecule has 1 atom stereocenters. The third kappa shape index (κ3) is 8.30. The lowest BCUT2D eigenvalue weighted by Gasteiger charge is -2.15. The number of carbonyl (C=O) groups is 2. The molecule has 0 saturated carbocycles. The van der Waals surface area contributed by atoms with E-state index in [2.05, 4.69) is 5.32 Å². The molecule has 18 heavy (non-hydrogen) atoms. The quantitative estimate of drug-likeness (QED) is 0.668. The number of Topliss-reactive ketones (excluding diaryl/α,β-unsaturated/α-hetero) is 1. The molecule has 1 amide bonds. The van der Waals surface area contributed by atoms with E-state index in [0.29, 0.717) is 6.42 Å². The minimum Gasteiger partial charge on any atom is -0.450 e. The molecule has 1 unspecified atom stereocenters. The topological polar surface area (TPSA) is 89.5 Å². The Labute approximate surface area is 112 Å². The molecular formula is C10H18ClNO5S. The van der Waals surface area contributed by atoms with Gasteiger partial charge in [-0.15, -0.1) is 11.6 Å². The number of ether oxygens (including phenoxy) is 1. The summed E-state index contributed by atoms with van der Waals surface area (Å²) in [6, 6.07) is -0.929. The molecule has 0 spiro atoms. The van der Waals surface area contributed by atoms with Gasteiger partial charge in [0.25, 0.3) is 0 Å². The molecule has 8 heteroatoms. The van der Waals surface area contributed by atoms with Crippen molar-refractivity contribution in [1.29, 1.82) is 0 Å². The van der Waals surface area contributed by atoms with E-state index in [1.807, 2.05) is 6.92 Å². The molecule has 0 bridgehead atoms. The summed E-state index contributed by atoms with van der Waals surface area (Å²) in [5.74, 6) is -0.926. The van der Waals surface area contributed by atoms with Crippen LogP contribution in [0.2, 0.25) is 0 Å². The summed E-state index contributed by atoms with van der Waals surface area (Å²) < 4.78 is 26.8. The Morgan fingerprint density at radius 1 is 1.39 bits per heavy atom. The van der Waals surface area contributed by atoms with Gasteiger partial charge in [0.2, 0.25) is 0 Å². The number of ketones is 1. The molecule has 0 radical (unpaired) electrons. The van der Waals surface area contributed by atoms with Gasteiger partial charge in [-0.1, -0.05) is 6.92 Å². The first kappa shape index (κ1) is 17.2. The van der Waals surface area contributed by atoms with Gasteiger partial charge in [-0.25, -0.2) is 13.2 Å². The van der Waals surface area contributed by atoms with Crippen LogP contribution in [0, 0.1) is 0 Å². The van der Waals surface area contributed by atoms with E-state index in [4.69, 9.17) is 16.3 Å². The van der Waals surface area contributed by atoms with E-state index in [1.54, 1.807) is 0 Å². The lowest BCUT2D eigenvalue weighted by atomic mass is 10.1. The van der Waals surface area contributed by atoms with Crippen molar-refractivity contribution in [3.05, 3.63) is 0 Å². The van der Waals surface area contributed by atoms with Crippen molar-refractivity contribution in [2.24, 2.45) is 0 Å². The van der Waals surface area contributed by atoms with Crippen LogP contribution in [0.15, 0.2) is 0 Å². The lowest BCUT2D eigenvalue weighted by Crippen LogP contribution is -2.43. The van der Waals surface area contributed by atoms with Gasteiger partial charge >= 0.3 is 6.09 Å². The normalized spacial score (nSPS) is 12.8. The molecule has 0 aliphatic heterocycles. The summed E-state index contributed by atoms with van der Waals surface area (Å²) in [5.41, 5.74) is 0. The van der Waals surface area contributed by atoms with Gasteiger partial charge < -0.3 is 10.1 Å². The van der Waals surface area contributed by atoms with Crippen LogP contribution in [-0.2, 0) is 19.4 Å². The third-order valence-corrected chi connectivity index (χ3v) is 3.27. The number of sulfone groups is 1. The number of nitrogens with one attached hydrogen (secondary N) is 1. The number of amides is 1. The number of hydrogen-bond acceptors (Lipinski definition) is 5. The fourth-order valence-corrected chi connectivity index (χ4v) is 1.97. The van der Waals surface area contributed by atoms with Gasteiger partial charge in [-0.3, -0.25) is 4.79 Å². The van der Waals surface area contributed by atoms with Crippen LogP contribution in [0.3, 0.4) is 0 Å². The Balaban J connectivity index is 4.41. The molecule has 0 aromatic heterocycles. The minimum absolute atomic E-state index is 0.00832. The van der Waals surface area contributed by atoms with E-state index < -0.39 is 27.8 Å². The van der Waals surface area contributed by atoms with E-state index in [-0.39, 0.29) is 24.7 Å². The van der Waals surface area contributed by atoms with Gasteiger partial charge in [0, 0.05) is 6.26 Å². The van der Waals surface area contributed by atoms with Gasteiger partial charge in [0.1, 0.15) is 9.84 Å². The fraction of sp³-hybridized carbons (Fsp3) is 0.800. The Morgan fingerprint density at radius 2 is 2.00 bits per heavy atom. The Kier molecular flexibility index (Phi) is 7.93. The maximum atomic E-state index is 11.4. The molecule has 0 saturated heterocycles. The second kappa shape index (κ2) is 8.31. The van der Waals surface area contributed by atoms with Gasteiger partial charge in [-0.05, 0) is 12.8 Å². The second-order valence-corrected chi connectivity index (χ2v) is 6.38. The monoisotopic (exact) mass is 299 g/mol. The molecule has 0 heterocycles. The fourth-order valence-electron chi connectivity index (χ4n) is 1.12. The molecule has 0 aliphatic rings. The molecule has 0 fully saturated rings. The molecule has 6 nitrogen and oxygen atoms in total. The first-order valence-corrected chi connectivity index (χ1v) is 8.09. The van der Waals surface area contributed by atoms with Crippen molar-refractivity contribution in [1.82, 2.24) is 5.32 Å². The lowest BCUT2D eigenvalue weighted by molar-refractivity contribution is -0.118. The van der Waals surface area contributed by atoms with Crippen LogP contribution in [0.25, 0.3) is 0 Å². The molecule has 106 valence electrons. The standard InChI is InChI=1S/C10H18ClNO5S/c1-3-5-17-10(14)12-8(9(13)7-11)4-6-18(2,15)16/h8H,3-7H2,1-2H3,(H,12,14). The molecule has 0 aromatic rings. The average molecular weight is 300 g/mol. The summed E-state index contributed by atoms with van der Waals surface area (Å²) >= 11 is 5.39. The number of hydrogen-bond donors (Lipinski definition) is 1. The van der Waals surface area contributed by atoms with Crippen LogP contribution in [0.4, 0.5) is 4.79 Å². The van der Waals surface area contributed by atoms with Crippen molar-refractivity contribution in [2.45, 2.75) is 25.8 Å². The van der Waals surface area contributed by atoms with Gasteiger partial charge in [-0.2, -0.15) is 0 Å². The zero-order chi connectivity index (χ0) is 14.2. The predicted molar refractivity (Wildman–Crippen MR) is 68.6 cm³/mol. The van der Waals surface area contributed by atoms with Crippen molar-refractivity contribution in [2.75, 3.05) is 24.5 Å². The van der Waals surface area contributed by atoms with Crippen molar-refractivity contribution in [3.8, 4) is 0 Å². The maximum absolute atomic E-state index is 11.4. The number of carbonyl (C=O) groups excluding carboxylic acids is 2. The highest BCUT2D eigenvalue weighted by Gasteiger charge is 2.21. The summed E-state index contributed by atoms with van der Waals surface area (Å²) in [6.45, 7) is 2.07. The van der Waals surface area contributed by atoms with Crippen molar-refractivity contribution in [3.63, 3.8) is 0 Å². The molecule has 1 N–H and O–H groups in total. The van der Waals surface area contributed by atoms with Crippen LogP contribution >= 0.6 is 11.6 Å². The largest absolute Gasteiger partial charge is 0.450 e. The average Bonchev–Trinajstić information content (AvgIpc) is 2.29. The second-order valence-electron chi connectivity index (χ2n) is 3.85. The van der Waals surface area contributed by atoms with E-state index in [9.17, 15) is 18.0 Å². The first-order valence-electron chi connectivity index (χ1n) is 5.49. The van der Waals surface area contributed by atoms with E-state index in [0.717, 1.165) is 6.26 Å². The van der Waals surface area contributed by atoms with E-state index >= 15 is 0 Å². The Morgan fingerprint density at radius 3 is 2.44 bits per heavy atom. The summed E-state index contributed by atoms with van der Waals surface area (Å²) in [5, 5.41) is 2.32. The summed E-state index contributed by atoms with van der Waals surface area (Å²) in [4.78, 5) is 22.7. The first-order chi connectivity index (χ1) is 8.30. The Hall–Kier alpha value is -0.820. The number of alkyl carbamates (subject to hydrolysis) is 1. The zero-order valence-corrected chi connectivity index (χ0v) is 12.0. The number of rotatable bonds is 8. The van der Waals surface area contributed by atoms with Crippen molar-refractivity contribution < 1.29 is 22.7 Å². The molecule has 0 rings (SSSR count). The Bertz CT molecular complexity index is 382. The SMILES string of the molecule is CCCOC(=O)NC(CCS(C)(=O)=O)C(=O)CCl. The van der Waals surface area contributed by atoms with Crippen LogP contribution < -0.4 is 5.32 Å². The molecule has 0 aromatic carbocycles. The summed E-state index contributed by atoms with van der Waals surface area (Å²) in [7, 11) is -3.20. The predicted octanol–water partition coefficient (Wildman–Crippen LogP) is 0.734. The summed E-state index contributed by atoms with van der Waals surface area (Å²) in [6.07, 6.45) is 0.968. The van der Waals surface area contributed by atoms with Crippen molar-refractivity contribution >= 4 is 33.3 Å². The smallest absolute Gasteiger partial charge is 0.407 e. The number of halogens is 1. The van der Waals surface area contributed by atoms with Crippen LogP contribution in [0.5, 0.6) is 0 Å². The third-order valence-electron chi connectivity index (χ3n) is 2.03. The highest BCUT2D eigenvalue weighted by molar-refractivity contribution is 7.90. The van der Waals surface area contributed by atoms with Gasteiger partial charge in [0.15, 0.2) is 5.78 Å². The van der Waals surface area contributed by atoms with Crippen LogP contribution in [-0.4, -0.2) is 50.8 Å². The highest BCUT2D eigenvalue weighted by atomic mass is 35.5. The van der Waals surface area contributed by atoms with Gasteiger partial charge in [0.05, 0.1) is 24.3 Å². The van der Waals surface area contributed by atoms with Crippen LogP contribution in [0.1, 0.15) is 19.8 Å².